The molecule has 4 aromatic carbocycles. The average Bonchev–Trinajstić information content (AvgIpc) is 2.57. The number of nitrogens with two attached hydrogens (primary N) is 2. The number of hydrogen-bond acceptors (Lipinski definition) is 2. The standard InChI is InChI=1S/C16H14.C6H8N2/c1-11-6-7-13-10-16-12(2)4-3-5-14(16)9-15(13)8-11;7-5-3-1-2-4-6(5)8/h3-10H,1-2H3;1-4H,7-8H2. The number of nitrogen functional groups attached to an aromatic ring is 2. The Hall–Kier alpha value is -3.00. The van der Waals surface area contributed by atoms with Gasteiger partial charge in [0.25, 0.3) is 0 Å². The zero-order valence-corrected chi connectivity index (χ0v) is 14.1. The summed E-state index contributed by atoms with van der Waals surface area (Å²) < 4.78 is 0. The summed E-state index contributed by atoms with van der Waals surface area (Å²) in [4.78, 5) is 0. The average molecular weight is 314 g/mol. The quantitative estimate of drug-likeness (QED) is 0.334. The van der Waals surface area contributed by atoms with Gasteiger partial charge in [-0.2, -0.15) is 0 Å². The van der Waals surface area contributed by atoms with Gasteiger partial charge >= 0.3 is 0 Å². The van der Waals surface area contributed by atoms with Crippen LogP contribution in [0.15, 0.2) is 72.8 Å². The van der Waals surface area contributed by atoms with E-state index < -0.39 is 0 Å². The lowest BCUT2D eigenvalue weighted by atomic mass is 9.99. The van der Waals surface area contributed by atoms with E-state index in [0.29, 0.717) is 11.4 Å². The van der Waals surface area contributed by atoms with Gasteiger partial charge in [-0.15, -0.1) is 0 Å². The predicted molar refractivity (Wildman–Crippen MR) is 106 cm³/mol. The monoisotopic (exact) mass is 314 g/mol. The minimum Gasteiger partial charge on any atom is -0.397 e. The summed E-state index contributed by atoms with van der Waals surface area (Å²) in [7, 11) is 0. The third-order valence-electron chi connectivity index (χ3n) is 4.21. The maximum atomic E-state index is 5.39. The Morgan fingerprint density at radius 2 is 1.29 bits per heavy atom. The molecular formula is C22H22N2. The second-order valence-electron chi connectivity index (χ2n) is 6.13. The Labute approximate surface area is 142 Å². The Bertz CT molecular complexity index is 981. The molecule has 0 amide bonds. The van der Waals surface area contributed by atoms with Crippen LogP contribution in [0.1, 0.15) is 11.1 Å². The molecule has 120 valence electrons. The first-order valence-corrected chi connectivity index (χ1v) is 8.04. The van der Waals surface area contributed by atoms with Crippen LogP contribution < -0.4 is 11.5 Å². The molecule has 0 heterocycles. The van der Waals surface area contributed by atoms with E-state index in [1.807, 2.05) is 12.1 Å². The van der Waals surface area contributed by atoms with Crippen molar-refractivity contribution in [2.24, 2.45) is 0 Å². The van der Waals surface area contributed by atoms with Crippen LogP contribution in [0, 0.1) is 13.8 Å². The molecular weight excluding hydrogens is 292 g/mol. The highest BCUT2D eigenvalue weighted by atomic mass is 14.7. The highest BCUT2D eigenvalue weighted by molar-refractivity contribution is 5.99. The predicted octanol–water partition coefficient (Wildman–Crippen LogP) is 5.46. The zero-order valence-electron chi connectivity index (χ0n) is 14.1. The smallest absolute Gasteiger partial charge is 0.0547 e. The van der Waals surface area contributed by atoms with Crippen LogP contribution in [-0.4, -0.2) is 0 Å². The maximum absolute atomic E-state index is 5.39. The van der Waals surface area contributed by atoms with Gasteiger partial charge in [0.1, 0.15) is 0 Å². The molecule has 4 rings (SSSR count). The van der Waals surface area contributed by atoms with Crippen LogP contribution in [-0.2, 0) is 0 Å². The van der Waals surface area contributed by atoms with Crippen molar-refractivity contribution in [3.63, 3.8) is 0 Å². The van der Waals surface area contributed by atoms with E-state index in [0.717, 1.165) is 0 Å². The van der Waals surface area contributed by atoms with Crippen molar-refractivity contribution in [2.75, 3.05) is 11.5 Å². The van der Waals surface area contributed by atoms with Gasteiger partial charge in [-0.05, 0) is 65.2 Å². The summed E-state index contributed by atoms with van der Waals surface area (Å²) in [6.07, 6.45) is 0. The van der Waals surface area contributed by atoms with Gasteiger partial charge in [-0.1, -0.05) is 54.1 Å². The number of fused-ring (bicyclic) bond motifs is 2. The first-order valence-electron chi connectivity index (χ1n) is 8.04. The van der Waals surface area contributed by atoms with Crippen molar-refractivity contribution < 1.29 is 0 Å². The Morgan fingerprint density at radius 3 is 1.96 bits per heavy atom. The van der Waals surface area contributed by atoms with E-state index >= 15 is 0 Å². The topological polar surface area (TPSA) is 52.0 Å². The maximum Gasteiger partial charge on any atom is 0.0547 e. The molecule has 0 aliphatic carbocycles. The number of hydrogen-bond donors (Lipinski definition) is 2. The molecule has 0 spiro atoms. The summed E-state index contributed by atoms with van der Waals surface area (Å²) in [5.74, 6) is 0. The molecule has 0 aliphatic heterocycles. The van der Waals surface area contributed by atoms with E-state index in [1.54, 1.807) is 12.1 Å². The van der Waals surface area contributed by atoms with Crippen LogP contribution in [0.2, 0.25) is 0 Å². The van der Waals surface area contributed by atoms with Crippen molar-refractivity contribution in [2.45, 2.75) is 13.8 Å². The molecule has 4 N–H and O–H groups in total. The Morgan fingerprint density at radius 1 is 0.583 bits per heavy atom. The summed E-state index contributed by atoms with van der Waals surface area (Å²) in [5.41, 5.74) is 14.7. The fourth-order valence-corrected chi connectivity index (χ4v) is 2.81. The second-order valence-corrected chi connectivity index (χ2v) is 6.13. The van der Waals surface area contributed by atoms with Gasteiger partial charge in [0.15, 0.2) is 0 Å². The number of aryl methyl sites for hydroxylation is 2. The van der Waals surface area contributed by atoms with Gasteiger partial charge < -0.3 is 11.5 Å². The molecule has 0 radical (unpaired) electrons. The zero-order chi connectivity index (χ0) is 17.1. The van der Waals surface area contributed by atoms with Crippen molar-refractivity contribution >= 4 is 32.9 Å². The largest absolute Gasteiger partial charge is 0.397 e. The third-order valence-corrected chi connectivity index (χ3v) is 4.21. The molecule has 24 heavy (non-hydrogen) atoms. The van der Waals surface area contributed by atoms with Crippen LogP contribution in [0.4, 0.5) is 11.4 Å². The van der Waals surface area contributed by atoms with Crippen LogP contribution in [0.25, 0.3) is 21.5 Å². The fraction of sp³-hybridized carbons (Fsp3) is 0.0909. The molecule has 0 saturated heterocycles. The van der Waals surface area contributed by atoms with Crippen molar-refractivity contribution in [3.05, 3.63) is 83.9 Å². The van der Waals surface area contributed by atoms with Crippen LogP contribution in [0.5, 0.6) is 0 Å². The summed E-state index contributed by atoms with van der Waals surface area (Å²) in [6, 6.07) is 24.9. The van der Waals surface area contributed by atoms with Gasteiger partial charge in [0.2, 0.25) is 0 Å². The van der Waals surface area contributed by atoms with E-state index in [2.05, 4.69) is 62.4 Å². The molecule has 0 unspecified atom stereocenters. The normalized spacial score (nSPS) is 10.4. The lowest BCUT2D eigenvalue weighted by molar-refractivity contribution is 1.50. The van der Waals surface area contributed by atoms with Crippen molar-refractivity contribution in [1.82, 2.24) is 0 Å². The SMILES string of the molecule is Cc1ccc2cc3c(C)cccc3cc2c1.Nc1ccccc1N. The summed E-state index contributed by atoms with van der Waals surface area (Å²) in [6.45, 7) is 4.31. The molecule has 2 heteroatoms. The van der Waals surface area contributed by atoms with Crippen molar-refractivity contribution in [1.29, 1.82) is 0 Å². The number of para-hydroxylation sites is 2. The number of benzene rings is 4. The van der Waals surface area contributed by atoms with E-state index in [-0.39, 0.29) is 0 Å². The molecule has 0 saturated carbocycles. The minimum absolute atomic E-state index is 0.646. The highest BCUT2D eigenvalue weighted by Crippen LogP contribution is 2.25. The van der Waals surface area contributed by atoms with Crippen molar-refractivity contribution in [3.8, 4) is 0 Å². The Balaban J connectivity index is 0.000000179. The van der Waals surface area contributed by atoms with E-state index in [4.69, 9.17) is 11.5 Å². The van der Waals surface area contributed by atoms with Crippen LogP contribution >= 0.6 is 0 Å². The molecule has 2 nitrogen and oxygen atoms in total. The molecule has 0 atom stereocenters. The van der Waals surface area contributed by atoms with E-state index in [9.17, 15) is 0 Å². The van der Waals surface area contributed by atoms with Gasteiger partial charge in [-0.25, -0.2) is 0 Å². The van der Waals surface area contributed by atoms with Gasteiger partial charge in [0, 0.05) is 0 Å². The molecule has 0 bridgehead atoms. The fourth-order valence-electron chi connectivity index (χ4n) is 2.81. The molecule has 0 fully saturated rings. The Kier molecular flexibility index (Phi) is 4.39. The lowest BCUT2D eigenvalue weighted by Gasteiger charge is -2.05. The summed E-state index contributed by atoms with van der Waals surface area (Å²) in [5, 5.41) is 5.35. The first-order chi connectivity index (χ1) is 11.5. The number of rotatable bonds is 0. The van der Waals surface area contributed by atoms with E-state index in [1.165, 1.54) is 32.7 Å². The minimum atomic E-state index is 0.646. The molecule has 4 aromatic rings. The van der Waals surface area contributed by atoms with Gasteiger partial charge in [-0.3, -0.25) is 0 Å². The second kappa shape index (κ2) is 6.63. The number of anilines is 2. The summed E-state index contributed by atoms with van der Waals surface area (Å²) >= 11 is 0. The lowest BCUT2D eigenvalue weighted by Crippen LogP contribution is -1.91. The molecule has 0 aliphatic rings. The van der Waals surface area contributed by atoms with Crippen LogP contribution in [0.3, 0.4) is 0 Å². The highest BCUT2D eigenvalue weighted by Gasteiger charge is 2.00. The first kappa shape index (κ1) is 15.9. The van der Waals surface area contributed by atoms with Gasteiger partial charge in [0.05, 0.1) is 11.4 Å². The molecule has 0 aromatic heterocycles. The third kappa shape index (κ3) is 3.33.